The number of rotatable bonds is 5. The molecule has 1 heterocycles. The summed E-state index contributed by atoms with van der Waals surface area (Å²) in [7, 11) is 0. The van der Waals surface area contributed by atoms with Gasteiger partial charge in [-0.3, -0.25) is 4.79 Å². The van der Waals surface area contributed by atoms with Gasteiger partial charge in [-0.2, -0.15) is 0 Å². The fourth-order valence-corrected chi connectivity index (χ4v) is 2.75. The lowest BCUT2D eigenvalue weighted by Crippen LogP contribution is -2.35. The van der Waals surface area contributed by atoms with Crippen LogP contribution >= 0.6 is 0 Å². The summed E-state index contributed by atoms with van der Waals surface area (Å²) in [6.45, 7) is 2.89. The summed E-state index contributed by atoms with van der Waals surface area (Å²) in [6.07, 6.45) is 0.0963. The smallest absolute Gasteiger partial charge is 0.228 e. The average Bonchev–Trinajstić information content (AvgIpc) is 2.98. The number of carbonyl (C=O) groups excluding carboxylic acids is 1. The molecule has 2 unspecified atom stereocenters. The van der Waals surface area contributed by atoms with Gasteiger partial charge in [0.2, 0.25) is 5.91 Å². The fraction of sp³-hybridized carbons (Fsp3) is 0.316. The lowest BCUT2D eigenvalue weighted by Gasteiger charge is -2.19. The number of nitrogens with zero attached hydrogens (tertiary/aromatic N) is 1. The van der Waals surface area contributed by atoms with Crippen molar-refractivity contribution in [3.8, 4) is 5.75 Å². The molecule has 1 amide bonds. The van der Waals surface area contributed by atoms with E-state index in [0.29, 0.717) is 19.6 Å². The highest BCUT2D eigenvalue weighted by Gasteiger charge is 2.33. The van der Waals surface area contributed by atoms with E-state index >= 15 is 0 Å². The summed E-state index contributed by atoms with van der Waals surface area (Å²) >= 11 is 0. The second-order valence-corrected chi connectivity index (χ2v) is 5.59. The molecular weight excluding hydrogens is 290 g/mol. The van der Waals surface area contributed by atoms with Crippen molar-refractivity contribution in [2.45, 2.75) is 25.7 Å². The van der Waals surface area contributed by atoms with Gasteiger partial charge < -0.3 is 14.4 Å². The molecule has 4 heteroatoms. The predicted molar refractivity (Wildman–Crippen MR) is 88.0 cm³/mol. The van der Waals surface area contributed by atoms with Crippen molar-refractivity contribution < 1.29 is 14.3 Å². The molecular formula is C19H21NO3. The number of benzene rings is 2. The third kappa shape index (κ3) is 3.90. The number of ether oxygens (including phenoxy) is 2. The Bertz CT molecular complexity index is 630. The monoisotopic (exact) mass is 311 g/mol. The summed E-state index contributed by atoms with van der Waals surface area (Å²) in [5.41, 5.74) is 1.11. The van der Waals surface area contributed by atoms with Gasteiger partial charge in [0.25, 0.3) is 0 Å². The largest absolute Gasteiger partial charge is 0.493 e. The molecule has 3 rings (SSSR count). The number of amides is 1. The highest BCUT2D eigenvalue weighted by molar-refractivity contribution is 5.76. The Morgan fingerprint density at radius 3 is 2.48 bits per heavy atom. The van der Waals surface area contributed by atoms with E-state index in [9.17, 15) is 4.79 Å². The van der Waals surface area contributed by atoms with Crippen LogP contribution in [0.1, 0.15) is 25.0 Å². The van der Waals surface area contributed by atoms with E-state index in [1.807, 2.05) is 67.6 Å². The molecule has 0 spiro atoms. The van der Waals surface area contributed by atoms with Crippen molar-refractivity contribution in [3.05, 3.63) is 66.2 Å². The van der Waals surface area contributed by atoms with Crippen LogP contribution in [0.25, 0.3) is 0 Å². The summed E-state index contributed by atoms with van der Waals surface area (Å²) in [5, 5.41) is 0. The summed E-state index contributed by atoms with van der Waals surface area (Å²) < 4.78 is 11.5. The van der Waals surface area contributed by atoms with Crippen LogP contribution < -0.4 is 4.74 Å². The van der Waals surface area contributed by atoms with Gasteiger partial charge >= 0.3 is 0 Å². The average molecular weight is 311 g/mol. The Balaban J connectivity index is 1.51. The van der Waals surface area contributed by atoms with E-state index in [1.54, 1.807) is 4.90 Å². The molecule has 120 valence electrons. The maximum absolute atomic E-state index is 12.4. The van der Waals surface area contributed by atoms with Crippen LogP contribution in [0.5, 0.6) is 5.75 Å². The van der Waals surface area contributed by atoms with Crippen LogP contribution in [0.2, 0.25) is 0 Å². The minimum Gasteiger partial charge on any atom is -0.493 e. The minimum absolute atomic E-state index is 0.0507. The number of hydrogen-bond donors (Lipinski definition) is 0. The van der Waals surface area contributed by atoms with Crippen LogP contribution in [0.3, 0.4) is 0 Å². The lowest BCUT2D eigenvalue weighted by atomic mass is 10.1. The minimum atomic E-state index is -0.204. The molecule has 1 saturated heterocycles. The first-order valence-electron chi connectivity index (χ1n) is 7.92. The first-order chi connectivity index (χ1) is 11.2. The number of para-hydroxylation sites is 1. The molecule has 0 aliphatic carbocycles. The second kappa shape index (κ2) is 7.29. The molecule has 2 atom stereocenters. The third-order valence-corrected chi connectivity index (χ3v) is 3.98. The van der Waals surface area contributed by atoms with Crippen molar-refractivity contribution in [1.29, 1.82) is 0 Å². The van der Waals surface area contributed by atoms with Crippen molar-refractivity contribution in [2.24, 2.45) is 0 Å². The molecule has 0 N–H and O–H groups in total. The summed E-state index contributed by atoms with van der Waals surface area (Å²) in [6, 6.07) is 19.6. The Morgan fingerprint density at radius 2 is 1.78 bits per heavy atom. The van der Waals surface area contributed by atoms with Crippen LogP contribution in [0.4, 0.5) is 0 Å². The Kier molecular flexibility index (Phi) is 4.93. The Labute approximate surface area is 136 Å². The molecule has 1 aliphatic heterocycles. The molecule has 1 aliphatic rings. The zero-order chi connectivity index (χ0) is 16.1. The molecule has 4 nitrogen and oxygen atoms in total. The topological polar surface area (TPSA) is 38.8 Å². The molecule has 0 saturated carbocycles. The van der Waals surface area contributed by atoms with Crippen molar-refractivity contribution >= 4 is 5.91 Å². The van der Waals surface area contributed by atoms with Gasteiger partial charge in [0.15, 0.2) is 0 Å². The van der Waals surface area contributed by atoms with Gasteiger partial charge in [0, 0.05) is 0 Å². The summed E-state index contributed by atoms with van der Waals surface area (Å²) in [4.78, 5) is 14.2. The first kappa shape index (κ1) is 15.6. The van der Waals surface area contributed by atoms with Crippen LogP contribution in [0.15, 0.2) is 60.7 Å². The second-order valence-electron chi connectivity index (χ2n) is 5.59. The van der Waals surface area contributed by atoms with E-state index in [4.69, 9.17) is 9.47 Å². The quantitative estimate of drug-likeness (QED) is 0.849. The first-order valence-corrected chi connectivity index (χ1v) is 7.92. The van der Waals surface area contributed by atoms with Gasteiger partial charge in [-0.25, -0.2) is 0 Å². The zero-order valence-corrected chi connectivity index (χ0v) is 13.2. The lowest BCUT2D eigenvalue weighted by molar-refractivity contribution is -0.135. The van der Waals surface area contributed by atoms with Gasteiger partial charge in [0.1, 0.15) is 18.1 Å². The van der Waals surface area contributed by atoms with E-state index < -0.39 is 0 Å². The molecule has 2 aromatic rings. The van der Waals surface area contributed by atoms with Gasteiger partial charge in [-0.05, 0) is 24.6 Å². The highest BCUT2D eigenvalue weighted by atomic mass is 16.5. The SMILES string of the molecule is CC1OC(c2ccccc2)CN1C(=O)CCOc1ccccc1. The molecule has 23 heavy (non-hydrogen) atoms. The van der Waals surface area contributed by atoms with Gasteiger partial charge in [-0.15, -0.1) is 0 Å². The molecule has 0 bridgehead atoms. The van der Waals surface area contributed by atoms with Crippen LogP contribution in [-0.4, -0.2) is 30.2 Å². The van der Waals surface area contributed by atoms with Crippen molar-refractivity contribution in [3.63, 3.8) is 0 Å². The van der Waals surface area contributed by atoms with E-state index in [1.165, 1.54) is 0 Å². The van der Waals surface area contributed by atoms with Crippen molar-refractivity contribution in [1.82, 2.24) is 4.90 Å². The normalized spacial score (nSPS) is 20.5. The zero-order valence-electron chi connectivity index (χ0n) is 13.2. The van der Waals surface area contributed by atoms with Gasteiger partial charge in [0.05, 0.1) is 19.6 Å². The van der Waals surface area contributed by atoms with Crippen LogP contribution in [-0.2, 0) is 9.53 Å². The Morgan fingerprint density at radius 1 is 1.13 bits per heavy atom. The van der Waals surface area contributed by atoms with Crippen molar-refractivity contribution in [2.75, 3.05) is 13.2 Å². The van der Waals surface area contributed by atoms with Crippen LogP contribution in [0, 0.1) is 0 Å². The highest BCUT2D eigenvalue weighted by Crippen LogP contribution is 2.28. The van der Waals surface area contributed by atoms with E-state index in [0.717, 1.165) is 11.3 Å². The number of carbonyl (C=O) groups is 1. The fourth-order valence-electron chi connectivity index (χ4n) is 2.75. The summed E-state index contributed by atoms with van der Waals surface area (Å²) in [5.74, 6) is 0.847. The standard InChI is InChI=1S/C19H21NO3/c1-15-20(14-18(23-15)16-8-4-2-5-9-16)19(21)12-13-22-17-10-6-3-7-11-17/h2-11,15,18H,12-14H2,1H3. The molecule has 2 aromatic carbocycles. The molecule has 0 radical (unpaired) electrons. The Hall–Kier alpha value is -2.33. The van der Waals surface area contributed by atoms with E-state index in [-0.39, 0.29) is 18.2 Å². The molecule has 0 aromatic heterocycles. The number of hydrogen-bond acceptors (Lipinski definition) is 3. The molecule has 1 fully saturated rings. The third-order valence-electron chi connectivity index (χ3n) is 3.98. The maximum Gasteiger partial charge on any atom is 0.228 e. The van der Waals surface area contributed by atoms with E-state index in [2.05, 4.69) is 0 Å². The maximum atomic E-state index is 12.4. The predicted octanol–water partition coefficient (Wildman–Crippen LogP) is 3.40. The van der Waals surface area contributed by atoms with Gasteiger partial charge in [-0.1, -0.05) is 48.5 Å².